The van der Waals surface area contributed by atoms with Crippen molar-refractivity contribution in [1.29, 1.82) is 0 Å². The molecule has 0 aliphatic heterocycles. The Bertz CT molecular complexity index is 567. The molecule has 0 unspecified atom stereocenters. The van der Waals surface area contributed by atoms with Gasteiger partial charge in [-0.15, -0.1) is 0 Å². The molecule has 0 radical (unpaired) electrons. The molecule has 0 aromatic heterocycles. The average Bonchev–Trinajstić information content (AvgIpc) is 2.44. The molecule has 0 fully saturated rings. The molecule has 0 spiro atoms. The summed E-state index contributed by atoms with van der Waals surface area (Å²) < 4.78 is 12.9. The third kappa shape index (κ3) is 4.95. The van der Waals surface area contributed by atoms with Crippen molar-refractivity contribution in [2.24, 2.45) is 0 Å². The molecule has 0 aliphatic rings. The van der Waals surface area contributed by atoms with E-state index in [-0.39, 0.29) is 5.82 Å². The van der Waals surface area contributed by atoms with Gasteiger partial charge in [-0.1, -0.05) is 42.2 Å². The van der Waals surface area contributed by atoms with Gasteiger partial charge in [0.05, 0.1) is 6.54 Å². The monoisotopic (exact) mass is 253 g/mol. The van der Waals surface area contributed by atoms with Crippen LogP contribution in [0.3, 0.4) is 0 Å². The largest absolute Gasteiger partial charge is 0.306 e. The van der Waals surface area contributed by atoms with Crippen molar-refractivity contribution >= 4 is 0 Å². The number of rotatable bonds is 4. The summed E-state index contributed by atoms with van der Waals surface area (Å²) in [6.07, 6.45) is 0.810. The second kappa shape index (κ2) is 7.35. The van der Waals surface area contributed by atoms with Gasteiger partial charge in [-0.2, -0.15) is 0 Å². The topological polar surface area (TPSA) is 12.0 Å². The quantitative estimate of drug-likeness (QED) is 0.652. The Morgan fingerprint density at radius 1 is 1.00 bits per heavy atom. The van der Waals surface area contributed by atoms with Gasteiger partial charge in [0.1, 0.15) is 5.82 Å². The molecule has 1 nitrogen and oxygen atoms in total. The number of benzene rings is 2. The van der Waals surface area contributed by atoms with Crippen LogP contribution in [-0.2, 0) is 6.42 Å². The standard InChI is InChI=1S/C17H16FN/c18-17-10-4-8-16(14-17)11-13-19-12-5-9-15-6-2-1-3-7-15/h1-4,6-8,10,14,19H,11-13H2. The van der Waals surface area contributed by atoms with Crippen LogP contribution in [0.1, 0.15) is 11.1 Å². The molecular weight excluding hydrogens is 237 g/mol. The maximum Gasteiger partial charge on any atom is 0.123 e. The molecule has 0 amide bonds. The van der Waals surface area contributed by atoms with Gasteiger partial charge in [0.15, 0.2) is 0 Å². The summed E-state index contributed by atoms with van der Waals surface area (Å²) in [7, 11) is 0. The zero-order valence-corrected chi connectivity index (χ0v) is 10.7. The molecule has 96 valence electrons. The van der Waals surface area contributed by atoms with Crippen molar-refractivity contribution in [2.75, 3.05) is 13.1 Å². The van der Waals surface area contributed by atoms with E-state index in [9.17, 15) is 4.39 Å². The van der Waals surface area contributed by atoms with Crippen LogP contribution in [0.4, 0.5) is 4.39 Å². The lowest BCUT2D eigenvalue weighted by Gasteiger charge is -2.01. The van der Waals surface area contributed by atoms with E-state index in [4.69, 9.17) is 0 Å². The van der Waals surface area contributed by atoms with E-state index in [1.807, 2.05) is 36.4 Å². The summed E-state index contributed by atoms with van der Waals surface area (Å²) in [5.41, 5.74) is 2.03. The van der Waals surface area contributed by atoms with E-state index >= 15 is 0 Å². The molecule has 0 heterocycles. The molecule has 0 saturated carbocycles. The molecule has 2 aromatic carbocycles. The zero-order valence-electron chi connectivity index (χ0n) is 10.7. The number of nitrogens with one attached hydrogen (secondary N) is 1. The van der Waals surface area contributed by atoms with E-state index in [0.29, 0.717) is 6.54 Å². The Kier molecular flexibility index (Phi) is 5.16. The van der Waals surface area contributed by atoms with Crippen LogP contribution >= 0.6 is 0 Å². The van der Waals surface area contributed by atoms with Gasteiger partial charge in [0.25, 0.3) is 0 Å². The lowest BCUT2D eigenvalue weighted by atomic mass is 10.1. The third-order valence-corrected chi connectivity index (χ3v) is 2.70. The van der Waals surface area contributed by atoms with Gasteiger partial charge in [-0.05, 0) is 36.2 Å². The van der Waals surface area contributed by atoms with Crippen molar-refractivity contribution in [3.63, 3.8) is 0 Å². The summed E-state index contributed by atoms with van der Waals surface area (Å²) in [5.74, 6) is 5.96. The normalized spacial score (nSPS) is 9.74. The van der Waals surface area contributed by atoms with Crippen molar-refractivity contribution < 1.29 is 4.39 Å². The Morgan fingerprint density at radius 3 is 2.63 bits per heavy atom. The molecule has 0 aliphatic carbocycles. The third-order valence-electron chi connectivity index (χ3n) is 2.70. The second-order valence-corrected chi connectivity index (χ2v) is 4.22. The Labute approximate surface area is 113 Å². The molecule has 2 heteroatoms. The van der Waals surface area contributed by atoms with Crippen molar-refractivity contribution in [1.82, 2.24) is 5.32 Å². The first kappa shape index (κ1) is 13.3. The van der Waals surface area contributed by atoms with E-state index in [2.05, 4.69) is 17.2 Å². The van der Waals surface area contributed by atoms with Gasteiger partial charge < -0.3 is 5.32 Å². The van der Waals surface area contributed by atoms with Crippen LogP contribution in [0, 0.1) is 17.7 Å². The lowest BCUT2D eigenvalue weighted by Crippen LogP contribution is -2.17. The molecule has 2 rings (SSSR count). The minimum Gasteiger partial charge on any atom is -0.306 e. The second-order valence-electron chi connectivity index (χ2n) is 4.22. The fourth-order valence-electron chi connectivity index (χ4n) is 1.74. The van der Waals surface area contributed by atoms with E-state index in [1.54, 1.807) is 12.1 Å². The summed E-state index contributed by atoms with van der Waals surface area (Å²) in [6, 6.07) is 16.6. The van der Waals surface area contributed by atoms with Crippen LogP contribution in [0.25, 0.3) is 0 Å². The van der Waals surface area contributed by atoms with Gasteiger partial charge >= 0.3 is 0 Å². The van der Waals surface area contributed by atoms with Crippen molar-refractivity contribution in [2.45, 2.75) is 6.42 Å². The predicted octanol–water partition coefficient (Wildman–Crippen LogP) is 3.01. The number of halogens is 1. The van der Waals surface area contributed by atoms with Crippen LogP contribution in [0.2, 0.25) is 0 Å². The highest BCUT2D eigenvalue weighted by Gasteiger charge is 1.94. The first-order valence-corrected chi connectivity index (χ1v) is 6.34. The van der Waals surface area contributed by atoms with Crippen LogP contribution < -0.4 is 5.32 Å². The summed E-state index contributed by atoms with van der Waals surface area (Å²) in [4.78, 5) is 0. The van der Waals surface area contributed by atoms with E-state index in [0.717, 1.165) is 24.1 Å². The molecule has 1 N–H and O–H groups in total. The van der Waals surface area contributed by atoms with Crippen molar-refractivity contribution in [3.05, 3.63) is 71.5 Å². The highest BCUT2D eigenvalue weighted by Crippen LogP contribution is 2.03. The Morgan fingerprint density at radius 2 is 1.84 bits per heavy atom. The number of hydrogen-bond acceptors (Lipinski definition) is 1. The molecule has 19 heavy (non-hydrogen) atoms. The summed E-state index contributed by atoms with van der Waals surface area (Å²) in [5, 5.41) is 3.23. The number of hydrogen-bond donors (Lipinski definition) is 1. The van der Waals surface area contributed by atoms with Crippen LogP contribution in [0.5, 0.6) is 0 Å². The molecule has 0 bridgehead atoms. The Balaban J connectivity index is 1.69. The zero-order chi connectivity index (χ0) is 13.3. The van der Waals surface area contributed by atoms with E-state index in [1.165, 1.54) is 6.07 Å². The van der Waals surface area contributed by atoms with Crippen LogP contribution in [-0.4, -0.2) is 13.1 Å². The molecule has 0 atom stereocenters. The van der Waals surface area contributed by atoms with Gasteiger partial charge in [0, 0.05) is 12.1 Å². The van der Waals surface area contributed by atoms with Gasteiger partial charge in [-0.25, -0.2) is 4.39 Å². The summed E-state index contributed by atoms with van der Waals surface area (Å²) in [6.45, 7) is 1.44. The van der Waals surface area contributed by atoms with Gasteiger partial charge in [-0.3, -0.25) is 0 Å². The van der Waals surface area contributed by atoms with Crippen molar-refractivity contribution in [3.8, 4) is 11.8 Å². The lowest BCUT2D eigenvalue weighted by molar-refractivity contribution is 0.624. The first-order valence-electron chi connectivity index (χ1n) is 6.34. The minimum absolute atomic E-state index is 0.179. The predicted molar refractivity (Wildman–Crippen MR) is 76.3 cm³/mol. The molecule has 0 saturated heterocycles. The fraction of sp³-hybridized carbons (Fsp3) is 0.176. The molecular formula is C17H16FN. The first-order chi connectivity index (χ1) is 9.34. The Hall–Kier alpha value is -2.11. The maximum atomic E-state index is 12.9. The molecule has 2 aromatic rings. The van der Waals surface area contributed by atoms with Crippen LogP contribution in [0.15, 0.2) is 54.6 Å². The highest BCUT2D eigenvalue weighted by molar-refractivity contribution is 5.33. The SMILES string of the molecule is Fc1cccc(CCNCC#Cc2ccccc2)c1. The smallest absolute Gasteiger partial charge is 0.123 e. The highest BCUT2D eigenvalue weighted by atomic mass is 19.1. The average molecular weight is 253 g/mol. The van der Waals surface area contributed by atoms with Gasteiger partial charge in [0.2, 0.25) is 0 Å². The van der Waals surface area contributed by atoms with E-state index < -0.39 is 0 Å². The minimum atomic E-state index is -0.179. The maximum absolute atomic E-state index is 12.9. The summed E-state index contributed by atoms with van der Waals surface area (Å²) >= 11 is 0. The fourth-order valence-corrected chi connectivity index (χ4v) is 1.74.